The minimum absolute atomic E-state index is 0.0694. The van der Waals surface area contributed by atoms with E-state index < -0.39 is 0 Å². The molecule has 0 radical (unpaired) electrons. The van der Waals surface area contributed by atoms with Crippen molar-refractivity contribution in [2.75, 3.05) is 19.8 Å². The smallest absolute Gasteiger partial charge is 0.252 e. The molecule has 4 nitrogen and oxygen atoms in total. The average molecular weight is 293 g/mol. The molecule has 1 aromatic rings. The molecule has 2 rings (SSSR count). The van der Waals surface area contributed by atoms with E-state index in [1.807, 2.05) is 0 Å². The van der Waals surface area contributed by atoms with Crippen molar-refractivity contribution in [2.24, 2.45) is 5.92 Å². The zero-order chi connectivity index (χ0) is 14.4. The van der Waals surface area contributed by atoms with Crippen LogP contribution in [0.3, 0.4) is 0 Å². The van der Waals surface area contributed by atoms with Gasteiger partial charge < -0.3 is 15.2 Å². The second kappa shape index (κ2) is 7.44. The van der Waals surface area contributed by atoms with Gasteiger partial charge >= 0.3 is 0 Å². The van der Waals surface area contributed by atoms with Crippen molar-refractivity contribution in [3.05, 3.63) is 21.9 Å². The highest BCUT2D eigenvalue weighted by Crippen LogP contribution is 2.22. The van der Waals surface area contributed by atoms with Crippen molar-refractivity contribution in [1.82, 2.24) is 5.32 Å². The van der Waals surface area contributed by atoms with E-state index in [2.05, 4.69) is 24.1 Å². The quantitative estimate of drug-likeness (QED) is 0.830. The van der Waals surface area contributed by atoms with Crippen molar-refractivity contribution in [2.45, 2.75) is 25.9 Å². The van der Waals surface area contributed by atoms with Crippen molar-refractivity contribution in [1.29, 1.82) is 0 Å². The normalized spacial score (nSPS) is 21.3. The van der Waals surface area contributed by atoms with Gasteiger partial charge in [-0.05, 0) is 18.9 Å². The number of nitrogens with one attached hydrogen (secondary N) is 1. The summed E-state index contributed by atoms with van der Waals surface area (Å²) in [6, 6.07) is 1.76. The topological polar surface area (TPSA) is 58.6 Å². The van der Waals surface area contributed by atoms with Crippen LogP contribution in [0.15, 0.2) is 11.4 Å². The first kappa shape index (κ1) is 15.0. The molecule has 1 aliphatic heterocycles. The summed E-state index contributed by atoms with van der Waals surface area (Å²) in [7, 11) is 0. The van der Waals surface area contributed by atoms with Crippen LogP contribution in [0.1, 0.15) is 35.0 Å². The third-order valence-electron chi connectivity index (χ3n) is 3.43. The van der Waals surface area contributed by atoms with E-state index in [-0.39, 0.29) is 18.6 Å². The molecule has 1 amide bonds. The van der Waals surface area contributed by atoms with E-state index >= 15 is 0 Å². The maximum atomic E-state index is 12.0. The van der Waals surface area contributed by atoms with Gasteiger partial charge in [0.15, 0.2) is 0 Å². The summed E-state index contributed by atoms with van der Waals surface area (Å²) in [5, 5.41) is 13.4. The summed E-state index contributed by atoms with van der Waals surface area (Å²) in [4.78, 5) is 12.8. The number of carbonyl (C=O) groups excluding carboxylic acids is 1. The first-order valence-electron chi connectivity index (χ1n) is 6.82. The molecule has 20 heavy (non-hydrogen) atoms. The van der Waals surface area contributed by atoms with Crippen LogP contribution in [-0.2, 0) is 4.74 Å². The van der Waals surface area contributed by atoms with Gasteiger partial charge in [-0.2, -0.15) is 0 Å². The Balaban J connectivity index is 1.87. The summed E-state index contributed by atoms with van der Waals surface area (Å²) >= 11 is 1.41. The van der Waals surface area contributed by atoms with E-state index in [9.17, 15) is 4.79 Å². The Morgan fingerprint density at radius 1 is 1.65 bits per heavy atom. The van der Waals surface area contributed by atoms with Crippen LogP contribution in [0.2, 0.25) is 0 Å². The maximum Gasteiger partial charge on any atom is 0.252 e. The fraction of sp³-hybridized carbons (Fsp3) is 0.533. The van der Waals surface area contributed by atoms with E-state index in [0.29, 0.717) is 18.0 Å². The Bertz CT molecular complexity index is 515. The van der Waals surface area contributed by atoms with Crippen LogP contribution in [0.4, 0.5) is 0 Å². The van der Waals surface area contributed by atoms with E-state index in [1.54, 1.807) is 11.4 Å². The molecule has 2 atom stereocenters. The van der Waals surface area contributed by atoms with Gasteiger partial charge in [-0.3, -0.25) is 4.79 Å². The number of aliphatic hydroxyl groups is 1. The molecule has 0 spiro atoms. The van der Waals surface area contributed by atoms with Gasteiger partial charge in [-0.25, -0.2) is 0 Å². The van der Waals surface area contributed by atoms with Crippen molar-refractivity contribution in [3.63, 3.8) is 0 Å². The van der Waals surface area contributed by atoms with Crippen LogP contribution in [0, 0.1) is 17.8 Å². The Morgan fingerprint density at radius 3 is 3.25 bits per heavy atom. The summed E-state index contributed by atoms with van der Waals surface area (Å²) < 4.78 is 5.61. The van der Waals surface area contributed by atoms with Gasteiger partial charge in [-0.1, -0.05) is 18.8 Å². The first-order valence-corrected chi connectivity index (χ1v) is 7.70. The maximum absolute atomic E-state index is 12.0. The molecule has 1 fully saturated rings. The minimum Gasteiger partial charge on any atom is -0.384 e. The van der Waals surface area contributed by atoms with Crippen LogP contribution < -0.4 is 5.32 Å². The average Bonchev–Trinajstić information content (AvgIpc) is 3.11. The number of amides is 1. The molecule has 0 aromatic carbocycles. The second-order valence-corrected chi connectivity index (χ2v) is 5.65. The SMILES string of the molecule is CCC1OCCC1CNC(=O)c1csc(C#CCO)c1. The van der Waals surface area contributed by atoms with Crippen LogP contribution >= 0.6 is 11.3 Å². The highest BCUT2D eigenvalue weighted by Gasteiger charge is 2.26. The molecular weight excluding hydrogens is 274 g/mol. The van der Waals surface area contributed by atoms with E-state index in [0.717, 1.165) is 24.3 Å². The van der Waals surface area contributed by atoms with Gasteiger partial charge in [0.25, 0.3) is 5.91 Å². The van der Waals surface area contributed by atoms with Gasteiger partial charge in [0.2, 0.25) is 0 Å². The molecule has 2 heterocycles. The molecule has 108 valence electrons. The number of carbonyl (C=O) groups is 1. The molecule has 1 aromatic heterocycles. The number of thiophene rings is 1. The Kier molecular flexibility index (Phi) is 5.60. The summed E-state index contributed by atoms with van der Waals surface area (Å²) in [5.74, 6) is 5.72. The first-order chi connectivity index (χ1) is 9.74. The third-order valence-corrected chi connectivity index (χ3v) is 4.27. The van der Waals surface area contributed by atoms with Crippen molar-refractivity contribution < 1.29 is 14.6 Å². The third kappa shape index (κ3) is 3.83. The standard InChI is InChI=1S/C15H19NO3S/c1-2-14-11(5-7-19-14)9-16-15(18)12-8-13(20-10-12)4-3-6-17/h8,10-11,14,17H,2,5-7,9H2,1H3,(H,16,18). The Labute approximate surface area is 123 Å². The molecule has 5 heteroatoms. The predicted octanol–water partition coefficient (Wildman–Crippen LogP) is 1.64. The number of hydrogen-bond donors (Lipinski definition) is 2. The number of ether oxygens (including phenoxy) is 1. The molecular formula is C15H19NO3S. The van der Waals surface area contributed by atoms with Gasteiger partial charge in [-0.15, -0.1) is 11.3 Å². The molecule has 1 saturated heterocycles. The monoisotopic (exact) mass is 293 g/mol. The van der Waals surface area contributed by atoms with E-state index in [1.165, 1.54) is 11.3 Å². The lowest BCUT2D eigenvalue weighted by molar-refractivity contribution is 0.0827. The van der Waals surface area contributed by atoms with Crippen molar-refractivity contribution >= 4 is 17.2 Å². The van der Waals surface area contributed by atoms with Crippen LogP contribution in [-0.4, -0.2) is 36.9 Å². The molecule has 0 saturated carbocycles. The molecule has 0 bridgehead atoms. The summed E-state index contributed by atoms with van der Waals surface area (Å²) in [6.45, 7) is 3.39. The van der Waals surface area contributed by atoms with Crippen LogP contribution in [0.5, 0.6) is 0 Å². The highest BCUT2D eigenvalue weighted by molar-refractivity contribution is 7.10. The minimum atomic E-state index is -0.167. The lowest BCUT2D eigenvalue weighted by atomic mass is 9.99. The summed E-state index contributed by atoms with van der Waals surface area (Å²) in [6.07, 6.45) is 2.26. The zero-order valence-electron chi connectivity index (χ0n) is 11.5. The molecule has 0 aliphatic carbocycles. The van der Waals surface area contributed by atoms with Crippen LogP contribution in [0.25, 0.3) is 0 Å². The number of rotatable bonds is 4. The predicted molar refractivity (Wildman–Crippen MR) is 78.8 cm³/mol. The number of hydrogen-bond acceptors (Lipinski definition) is 4. The zero-order valence-corrected chi connectivity index (χ0v) is 12.3. The molecule has 2 unspecified atom stereocenters. The van der Waals surface area contributed by atoms with Gasteiger partial charge in [0.05, 0.1) is 16.5 Å². The van der Waals surface area contributed by atoms with Gasteiger partial charge in [0, 0.05) is 24.4 Å². The Morgan fingerprint density at radius 2 is 2.50 bits per heavy atom. The number of aliphatic hydroxyl groups excluding tert-OH is 1. The largest absolute Gasteiger partial charge is 0.384 e. The molecule has 1 aliphatic rings. The fourth-order valence-corrected chi connectivity index (χ4v) is 3.11. The highest BCUT2D eigenvalue weighted by atomic mass is 32.1. The Hall–Kier alpha value is -1.35. The van der Waals surface area contributed by atoms with Gasteiger partial charge in [0.1, 0.15) is 6.61 Å². The lowest BCUT2D eigenvalue weighted by Gasteiger charge is -2.16. The van der Waals surface area contributed by atoms with Crippen molar-refractivity contribution in [3.8, 4) is 11.8 Å². The second-order valence-electron chi connectivity index (χ2n) is 4.74. The fourth-order valence-electron chi connectivity index (χ4n) is 2.35. The molecule has 2 N–H and O–H groups in total. The lowest BCUT2D eigenvalue weighted by Crippen LogP contribution is -2.32. The summed E-state index contributed by atoms with van der Waals surface area (Å²) in [5.41, 5.74) is 0.629. The van der Waals surface area contributed by atoms with E-state index in [4.69, 9.17) is 9.84 Å².